The van der Waals surface area contributed by atoms with E-state index in [9.17, 15) is 9.59 Å². The molecular weight excluding hydrogens is 256 g/mol. The van der Waals surface area contributed by atoms with Crippen molar-refractivity contribution in [3.05, 3.63) is 29.8 Å². The maximum atomic E-state index is 12.3. The Balaban J connectivity index is 2.11. The SMILES string of the molecule is Cc1ccc(N(CC(=O)O)C(=O)CC2CCCN2)cc1. The average Bonchev–Trinajstić information content (AvgIpc) is 2.89. The fourth-order valence-electron chi connectivity index (χ4n) is 2.44. The highest BCUT2D eigenvalue weighted by Gasteiger charge is 2.24. The van der Waals surface area contributed by atoms with E-state index in [0.29, 0.717) is 12.1 Å². The lowest BCUT2D eigenvalue weighted by atomic mass is 10.1. The maximum absolute atomic E-state index is 12.3. The molecule has 1 aliphatic heterocycles. The van der Waals surface area contributed by atoms with E-state index in [0.717, 1.165) is 24.9 Å². The molecule has 0 bridgehead atoms. The number of carbonyl (C=O) groups excluding carboxylic acids is 1. The maximum Gasteiger partial charge on any atom is 0.323 e. The van der Waals surface area contributed by atoms with Crippen LogP contribution in [0.15, 0.2) is 24.3 Å². The number of carboxylic acids is 1. The van der Waals surface area contributed by atoms with Gasteiger partial charge in [0.05, 0.1) is 0 Å². The number of carboxylic acid groups (broad SMARTS) is 1. The Kier molecular flexibility index (Phi) is 4.74. The third kappa shape index (κ3) is 3.81. The van der Waals surface area contributed by atoms with E-state index in [-0.39, 0.29) is 18.5 Å². The van der Waals surface area contributed by atoms with Crippen LogP contribution in [0.5, 0.6) is 0 Å². The van der Waals surface area contributed by atoms with Gasteiger partial charge in [0.25, 0.3) is 0 Å². The summed E-state index contributed by atoms with van der Waals surface area (Å²) in [7, 11) is 0. The molecule has 0 aromatic heterocycles. The van der Waals surface area contributed by atoms with Gasteiger partial charge < -0.3 is 15.3 Å². The smallest absolute Gasteiger partial charge is 0.323 e. The Hall–Kier alpha value is -1.88. The molecule has 1 unspecified atom stereocenters. The molecule has 20 heavy (non-hydrogen) atoms. The predicted octanol–water partition coefficient (Wildman–Crippen LogP) is 1.55. The fourth-order valence-corrected chi connectivity index (χ4v) is 2.44. The highest BCUT2D eigenvalue weighted by Crippen LogP contribution is 2.18. The zero-order valence-corrected chi connectivity index (χ0v) is 11.6. The van der Waals surface area contributed by atoms with Crippen molar-refractivity contribution in [1.29, 1.82) is 0 Å². The van der Waals surface area contributed by atoms with Crippen LogP contribution in [0.25, 0.3) is 0 Å². The van der Waals surface area contributed by atoms with Crippen molar-refractivity contribution in [2.45, 2.75) is 32.2 Å². The molecule has 5 heteroatoms. The topological polar surface area (TPSA) is 69.6 Å². The highest BCUT2D eigenvalue weighted by molar-refractivity contribution is 5.97. The molecule has 0 aliphatic carbocycles. The number of nitrogens with one attached hydrogen (secondary N) is 1. The monoisotopic (exact) mass is 276 g/mol. The second-order valence-electron chi connectivity index (χ2n) is 5.21. The van der Waals surface area contributed by atoms with Crippen LogP contribution in [0.2, 0.25) is 0 Å². The molecule has 2 N–H and O–H groups in total. The molecule has 1 aromatic rings. The van der Waals surface area contributed by atoms with E-state index in [4.69, 9.17) is 5.11 Å². The minimum absolute atomic E-state index is 0.143. The van der Waals surface area contributed by atoms with Crippen LogP contribution in [0.3, 0.4) is 0 Å². The van der Waals surface area contributed by atoms with Gasteiger partial charge in [0.15, 0.2) is 0 Å². The van der Waals surface area contributed by atoms with Crippen LogP contribution < -0.4 is 10.2 Å². The molecule has 1 aliphatic rings. The first-order valence-corrected chi connectivity index (χ1v) is 6.88. The molecule has 2 rings (SSSR count). The molecule has 1 aromatic carbocycles. The van der Waals surface area contributed by atoms with Gasteiger partial charge in [-0.15, -0.1) is 0 Å². The first-order chi connectivity index (χ1) is 9.56. The van der Waals surface area contributed by atoms with Gasteiger partial charge in [-0.1, -0.05) is 17.7 Å². The van der Waals surface area contributed by atoms with Crippen molar-refractivity contribution in [2.75, 3.05) is 18.0 Å². The summed E-state index contributed by atoms with van der Waals surface area (Å²) in [4.78, 5) is 24.7. The van der Waals surface area contributed by atoms with Crippen molar-refractivity contribution in [3.63, 3.8) is 0 Å². The summed E-state index contributed by atoms with van der Waals surface area (Å²) in [6, 6.07) is 7.51. The van der Waals surface area contributed by atoms with Gasteiger partial charge in [0.2, 0.25) is 5.91 Å². The molecule has 1 heterocycles. The van der Waals surface area contributed by atoms with E-state index in [2.05, 4.69) is 5.32 Å². The first-order valence-electron chi connectivity index (χ1n) is 6.88. The summed E-state index contributed by atoms with van der Waals surface area (Å²) in [5.41, 5.74) is 1.72. The highest BCUT2D eigenvalue weighted by atomic mass is 16.4. The summed E-state index contributed by atoms with van der Waals surface area (Å²) in [6.45, 7) is 2.59. The first kappa shape index (κ1) is 14.5. The number of nitrogens with zero attached hydrogens (tertiary/aromatic N) is 1. The molecule has 0 radical (unpaired) electrons. The quantitative estimate of drug-likeness (QED) is 0.856. The summed E-state index contributed by atoms with van der Waals surface area (Å²) in [6.07, 6.45) is 2.39. The van der Waals surface area contributed by atoms with Crippen molar-refractivity contribution in [1.82, 2.24) is 5.32 Å². The van der Waals surface area contributed by atoms with Crippen LogP contribution >= 0.6 is 0 Å². The normalized spacial score (nSPS) is 17.9. The van der Waals surface area contributed by atoms with Crippen LogP contribution in [0.1, 0.15) is 24.8 Å². The van der Waals surface area contributed by atoms with Crippen LogP contribution in [-0.4, -0.2) is 36.1 Å². The number of aliphatic carboxylic acids is 1. The average molecular weight is 276 g/mol. The van der Waals surface area contributed by atoms with E-state index in [1.165, 1.54) is 4.90 Å². The number of hydrogen-bond acceptors (Lipinski definition) is 3. The molecule has 0 saturated carbocycles. The van der Waals surface area contributed by atoms with Gasteiger partial charge in [-0.05, 0) is 38.4 Å². The van der Waals surface area contributed by atoms with Crippen LogP contribution in [0.4, 0.5) is 5.69 Å². The summed E-state index contributed by atoms with van der Waals surface area (Å²) < 4.78 is 0. The van der Waals surface area contributed by atoms with Gasteiger partial charge >= 0.3 is 5.97 Å². The Morgan fingerprint density at radius 1 is 1.35 bits per heavy atom. The summed E-state index contributed by atoms with van der Waals surface area (Å²) >= 11 is 0. The van der Waals surface area contributed by atoms with Crippen molar-refractivity contribution in [3.8, 4) is 0 Å². The summed E-state index contributed by atoms with van der Waals surface area (Å²) in [5, 5.41) is 12.3. The van der Waals surface area contributed by atoms with Gasteiger partial charge in [-0.25, -0.2) is 0 Å². The third-order valence-corrected chi connectivity index (χ3v) is 3.52. The number of aryl methyl sites for hydroxylation is 1. The minimum Gasteiger partial charge on any atom is -0.480 e. The second-order valence-corrected chi connectivity index (χ2v) is 5.21. The van der Waals surface area contributed by atoms with E-state index >= 15 is 0 Å². The fraction of sp³-hybridized carbons (Fsp3) is 0.467. The number of anilines is 1. The van der Waals surface area contributed by atoms with Crippen LogP contribution in [-0.2, 0) is 9.59 Å². The molecule has 1 fully saturated rings. The molecule has 108 valence electrons. The number of carbonyl (C=O) groups is 2. The number of amides is 1. The Morgan fingerprint density at radius 3 is 2.60 bits per heavy atom. The van der Waals surface area contributed by atoms with Crippen LogP contribution in [0, 0.1) is 6.92 Å². The number of hydrogen-bond donors (Lipinski definition) is 2. The predicted molar refractivity (Wildman–Crippen MR) is 76.8 cm³/mol. The lowest BCUT2D eigenvalue weighted by molar-refractivity contribution is -0.136. The van der Waals surface area contributed by atoms with Crippen molar-refractivity contribution < 1.29 is 14.7 Å². The van der Waals surface area contributed by atoms with E-state index in [1.54, 1.807) is 12.1 Å². The Morgan fingerprint density at radius 2 is 2.05 bits per heavy atom. The van der Waals surface area contributed by atoms with E-state index < -0.39 is 5.97 Å². The molecular formula is C15H20N2O3. The molecule has 1 saturated heterocycles. The van der Waals surface area contributed by atoms with Gasteiger partial charge in [-0.2, -0.15) is 0 Å². The number of benzene rings is 1. The van der Waals surface area contributed by atoms with Crippen molar-refractivity contribution >= 4 is 17.6 Å². The lowest BCUT2D eigenvalue weighted by Gasteiger charge is -2.22. The zero-order chi connectivity index (χ0) is 14.5. The Labute approximate surface area is 118 Å². The third-order valence-electron chi connectivity index (χ3n) is 3.52. The molecule has 5 nitrogen and oxygen atoms in total. The molecule has 0 spiro atoms. The molecule has 1 amide bonds. The summed E-state index contributed by atoms with van der Waals surface area (Å²) in [5.74, 6) is -1.14. The minimum atomic E-state index is -1.00. The molecule has 1 atom stereocenters. The van der Waals surface area contributed by atoms with Gasteiger partial charge in [-0.3, -0.25) is 9.59 Å². The van der Waals surface area contributed by atoms with Crippen molar-refractivity contribution in [2.24, 2.45) is 0 Å². The number of rotatable bonds is 5. The van der Waals surface area contributed by atoms with Gasteiger partial charge in [0, 0.05) is 18.2 Å². The second kappa shape index (κ2) is 6.52. The Bertz CT molecular complexity index is 478. The largest absolute Gasteiger partial charge is 0.480 e. The zero-order valence-electron chi connectivity index (χ0n) is 11.6. The lowest BCUT2D eigenvalue weighted by Crippen LogP contribution is -2.39. The standard InChI is InChI=1S/C15H20N2O3/c1-11-4-6-13(7-5-11)17(10-15(19)20)14(18)9-12-3-2-8-16-12/h4-7,12,16H,2-3,8-10H2,1H3,(H,19,20). The van der Waals surface area contributed by atoms with Gasteiger partial charge in [0.1, 0.15) is 6.54 Å². The van der Waals surface area contributed by atoms with E-state index in [1.807, 2.05) is 19.1 Å².